The average molecular weight is 402 g/mol. The Morgan fingerprint density at radius 1 is 1.15 bits per heavy atom. The zero-order valence-corrected chi connectivity index (χ0v) is 16.9. The molecule has 144 valence electrons. The molecule has 1 fully saturated rings. The number of hydrogen-bond donors (Lipinski definition) is 1. The number of benzene rings is 1. The van der Waals surface area contributed by atoms with Gasteiger partial charge in [0.1, 0.15) is 5.60 Å². The lowest BCUT2D eigenvalue weighted by atomic mass is 10.2. The van der Waals surface area contributed by atoms with Crippen LogP contribution in [0.4, 0.5) is 4.79 Å². The van der Waals surface area contributed by atoms with Crippen LogP contribution in [0.15, 0.2) is 18.2 Å². The van der Waals surface area contributed by atoms with Gasteiger partial charge in [0.25, 0.3) is 5.91 Å². The van der Waals surface area contributed by atoms with Gasteiger partial charge in [-0.05, 0) is 39.0 Å². The van der Waals surface area contributed by atoms with Gasteiger partial charge in [-0.1, -0.05) is 23.2 Å². The monoisotopic (exact) mass is 401 g/mol. The van der Waals surface area contributed by atoms with Gasteiger partial charge in [-0.15, -0.1) is 0 Å². The van der Waals surface area contributed by atoms with E-state index in [1.165, 1.54) is 0 Å². The molecule has 1 N–H and O–H groups in total. The number of nitrogens with one attached hydrogen (secondary N) is 1. The average Bonchev–Trinajstić information content (AvgIpc) is 2.53. The van der Waals surface area contributed by atoms with Crippen molar-refractivity contribution < 1.29 is 14.3 Å². The molecule has 2 rings (SSSR count). The maximum atomic E-state index is 12.2. The molecule has 1 saturated heterocycles. The van der Waals surface area contributed by atoms with E-state index in [4.69, 9.17) is 27.9 Å². The number of ether oxygens (including phenoxy) is 1. The predicted octanol–water partition coefficient (Wildman–Crippen LogP) is 3.28. The molecule has 1 aromatic rings. The minimum absolute atomic E-state index is 0.223. The Hall–Kier alpha value is -1.50. The van der Waals surface area contributed by atoms with Crippen molar-refractivity contribution in [1.82, 2.24) is 15.1 Å². The number of piperazine rings is 1. The summed E-state index contributed by atoms with van der Waals surface area (Å²) < 4.78 is 5.38. The zero-order valence-electron chi connectivity index (χ0n) is 15.3. The molecule has 6 nitrogen and oxygen atoms in total. The second kappa shape index (κ2) is 8.93. The molecule has 1 aliphatic rings. The van der Waals surface area contributed by atoms with Crippen LogP contribution in [0.5, 0.6) is 0 Å². The fourth-order valence-corrected chi connectivity index (χ4v) is 3.07. The van der Waals surface area contributed by atoms with Crippen LogP contribution in [0, 0.1) is 0 Å². The van der Waals surface area contributed by atoms with Gasteiger partial charge in [0.15, 0.2) is 0 Å². The molecule has 1 heterocycles. The topological polar surface area (TPSA) is 61.9 Å². The smallest absolute Gasteiger partial charge is 0.410 e. The van der Waals surface area contributed by atoms with Crippen molar-refractivity contribution >= 4 is 35.2 Å². The van der Waals surface area contributed by atoms with E-state index in [1.54, 1.807) is 23.1 Å². The zero-order chi connectivity index (χ0) is 19.3. The lowest BCUT2D eigenvalue weighted by molar-refractivity contribution is 0.0147. The summed E-state index contributed by atoms with van der Waals surface area (Å²) in [6.45, 7) is 9.51. The standard InChI is InChI=1S/C18H25Cl2N3O3/c1-18(2,3)26-17(25)23-10-8-22(9-11-23)7-6-21-16(24)14-5-4-13(19)12-15(14)20/h4-5,12H,6-11H2,1-3H3,(H,21,24). The highest BCUT2D eigenvalue weighted by Crippen LogP contribution is 2.20. The second-order valence-corrected chi connectivity index (χ2v) is 8.03. The van der Waals surface area contributed by atoms with E-state index in [0.717, 1.165) is 13.1 Å². The van der Waals surface area contributed by atoms with Crippen molar-refractivity contribution in [2.24, 2.45) is 0 Å². The van der Waals surface area contributed by atoms with Gasteiger partial charge in [-0.3, -0.25) is 9.69 Å². The van der Waals surface area contributed by atoms with Gasteiger partial charge in [0.2, 0.25) is 0 Å². The number of hydrogen-bond acceptors (Lipinski definition) is 4. The molecule has 0 aromatic heterocycles. The molecule has 0 bridgehead atoms. The van der Waals surface area contributed by atoms with Crippen molar-refractivity contribution in [3.8, 4) is 0 Å². The van der Waals surface area contributed by atoms with E-state index in [-0.39, 0.29) is 12.0 Å². The number of halogens is 2. The van der Waals surface area contributed by atoms with Crippen molar-refractivity contribution in [3.63, 3.8) is 0 Å². The van der Waals surface area contributed by atoms with Crippen LogP contribution in [-0.4, -0.2) is 66.7 Å². The van der Waals surface area contributed by atoms with Crippen molar-refractivity contribution in [2.75, 3.05) is 39.3 Å². The van der Waals surface area contributed by atoms with Crippen LogP contribution in [-0.2, 0) is 4.74 Å². The van der Waals surface area contributed by atoms with Gasteiger partial charge < -0.3 is 15.0 Å². The molecule has 0 saturated carbocycles. The lowest BCUT2D eigenvalue weighted by Crippen LogP contribution is -2.51. The molecule has 8 heteroatoms. The summed E-state index contributed by atoms with van der Waals surface area (Å²) in [5.74, 6) is -0.223. The van der Waals surface area contributed by atoms with Crippen LogP contribution in [0.1, 0.15) is 31.1 Å². The summed E-state index contributed by atoms with van der Waals surface area (Å²) in [5, 5.41) is 3.69. The first-order valence-corrected chi connectivity index (χ1v) is 9.35. The molecule has 26 heavy (non-hydrogen) atoms. The number of carbonyl (C=O) groups is 2. The quantitative estimate of drug-likeness (QED) is 0.840. The number of amides is 2. The van der Waals surface area contributed by atoms with Crippen LogP contribution >= 0.6 is 23.2 Å². The summed E-state index contributed by atoms with van der Waals surface area (Å²) in [5.41, 5.74) is -0.0765. The molecule has 0 aliphatic carbocycles. The van der Waals surface area contributed by atoms with Gasteiger partial charge in [0.05, 0.1) is 10.6 Å². The highest BCUT2D eigenvalue weighted by Gasteiger charge is 2.25. The summed E-state index contributed by atoms with van der Waals surface area (Å²) in [6, 6.07) is 4.80. The van der Waals surface area contributed by atoms with E-state index < -0.39 is 5.60 Å². The highest BCUT2D eigenvalue weighted by molar-refractivity contribution is 6.36. The fourth-order valence-electron chi connectivity index (χ4n) is 2.58. The lowest BCUT2D eigenvalue weighted by Gasteiger charge is -2.35. The Balaban J connectivity index is 1.72. The molecule has 1 aliphatic heterocycles. The van der Waals surface area contributed by atoms with E-state index in [9.17, 15) is 9.59 Å². The molecule has 0 radical (unpaired) electrons. The maximum Gasteiger partial charge on any atom is 0.410 e. The Labute approximate surface area is 164 Å². The predicted molar refractivity (Wildman–Crippen MR) is 103 cm³/mol. The van der Waals surface area contributed by atoms with Crippen LogP contribution in [0.2, 0.25) is 10.0 Å². The first kappa shape index (κ1) is 20.8. The number of carbonyl (C=O) groups excluding carboxylic acids is 2. The Morgan fingerprint density at radius 2 is 1.81 bits per heavy atom. The minimum Gasteiger partial charge on any atom is -0.444 e. The molecule has 1 aromatic carbocycles. The van der Waals surface area contributed by atoms with Crippen molar-refractivity contribution in [1.29, 1.82) is 0 Å². The third-order valence-electron chi connectivity index (χ3n) is 3.91. The molecule has 0 spiro atoms. The van der Waals surface area contributed by atoms with Crippen molar-refractivity contribution in [2.45, 2.75) is 26.4 Å². The fraction of sp³-hybridized carbons (Fsp3) is 0.556. The number of nitrogens with zero attached hydrogens (tertiary/aromatic N) is 2. The van der Waals surface area contributed by atoms with Crippen LogP contribution < -0.4 is 5.32 Å². The van der Waals surface area contributed by atoms with Crippen LogP contribution in [0.25, 0.3) is 0 Å². The van der Waals surface area contributed by atoms with E-state index >= 15 is 0 Å². The summed E-state index contributed by atoms with van der Waals surface area (Å²) in [6.07, 6.45) is -0.275. The van der Waals surface area contributed by atoms with Gasteiger partial charge in [-0.25, -0.2) is 4.79 Å². The Bertz CT molecular complexity index is 654. The largest absolute Gasteiger partial charge is 0.444 e. The van der Waals surface area contributed by atoms with Gasteiger partial charge >= 0.3 is 6.09 Å². The second-order valence-electron chi connectivity index (χ2n) is 7.19. The molecular weight excluding hydrogens is 377 g/mol. The maximum absolute atomic E-state index is 12.2. The number of rotatable bonds is 4. The Kier molecular flexibility index (Phi) is 7.15. The Morgan fingerprint density at radius 3 is 2.38 bits per heavy atom. The first-order valence-electron chi connectivity index (χ1n) is 8.59. The molecule has 2 amide bonds. The minimum atomic E-state index is -0.485. The third-order valence-corrected chi connectivity index (χ3v) is 4.46. The molecule has 0 unspecified atom stereocenters. The summed E-state index contributed by atoms with van der Waals surface area (Å²) in [4.78, 5) is 28.1. The molecular formula is C18H25Cl2N3O3. The SMILES string of the molecule is CC(C)(C)OC(=O)N1CCN(CCNC(=O)c2ccc(Cl)cc2Cl)CC1. The normalized spacial score (nSPS) is 15.7. The first-order chi connectivity index (χ1) is 12.2. The van der Waals surface area contributed by atoms with E-state index in [0.29, 0.717) is 41.8 Å². The van der Waals surface area contributed by atoms with Gasteiger partial charge in [0, 0.05) is 44.3 Å². The molecule has 0 atom stereocenters. The van der Waals surface area contributed by atoms with Crippen molar-refractivity contribution in [3.05, 3.63) is 33.8 Å². The summed E-state index contributed by atoms with van der Waals surface area (Å²) >= 11 is 11.9. The van der Waals surface area contributed by atoms with E-state index in [2.05, 4.69) is 10.2 Å². The summed E-state index contributed by atoms with van der Waals surface area (Å²) in [7, 11) is 0. The van der Waals surface area contributed by atoms with Crippen LogP contribution in [0.3, 0.4) is 0 Å². The third kappa shape index (κ3) is 6.34. The highest BCUT2D eigenvalue weighted by atomic mass is 35.5. The van der Waals surface area contributed by atoms with E-state index in [1.807, 2.05) is 20.8 Å². The van der Waals surface area contributed by atoms with Gasteiger partial charge in [-0.2, -0.15) is 0 Å².